The fourth-order valence-electron chi connectivity index (χ4n) is 2.95. The minimum Gasteiger partial charge on any atom is -0.277 e. The van der Waals surface area contributed by atoms with Gasteiger partial charge in [-0.3, -0.25) is 9.78 Å². The van der Waals surface area contributed by atoms with E-state index in [1.54, 1.807) is 17.1 Å². The number of aryl methyl sites for hydroxylation is 1. The molecule has 0 aliphatic rings. The van der Waals surface area contributed by atoms with E-state index in [0.29, 0.717) is 17.8 Å². The quantitative estimate of drug-likeness (QED) is 0.534. The van der Waals surface area contributed by atoms with Crippen LogP contribution in [0, 0.1) is 0 Å². The highest BCUT2D eigenvalue weighted by atomic mass is 15.5. The van der Waals surface area contributed by atoms with Crippen LogP contribution in [0.3, 0.4) is 0 Å². The molecule has 0 bridgehead atoms. The maximum atomic E-state index is 4.70. The molecule has 0 saturated carbocycles. The number of aromatic amines is 1. The molecule has 9 heteroatoms. The monoisotopic (exact) mass is 345 g/mol. The van der Waals surface area contributed by atoms with Gasteiger partial charge in [0.1, 0.15) is 0 Å². The van der Waals surface area contributed by atoms with Crippen molar-refractivity contribution in [1.82, 2.24) is 44.9 Å². The number of fused-ring (bicyclic) bond motifs is 2. The van der Waals surface area contributed by atoms with Crippen LogP contribution in [0.15, 0.2) is 42.9 Å². The summed E-state index contributed by atoms with van der Waals surface area (Å²) in [4.78, 5) is 9.08. The van der Waals surface area contributed by atoms with Crippen molar-refractivity contribution in [2.24, 2.45) is 0 Å². The van der Waals surface area contributed by atoms with Crippen LogP contribution >= 0.6 is 0 Å². The van der Waals surface area contributed by atoms with Crippen molar-refractivity contribution in [2.45, 2.75) is 20.0 Å². The second-order valence-corrected chi connectivity index (χ2v) is 5.95. The molecule has 0 aliphatic heterocycles. The lowest BCUT2D eigenvalue weighted by Crippen LogP contribution is -2.04. The zero-order valence-electron chi connectivity index (χ0n) is 14.0. The maximum absolute atomic E-state index is 4.70. The molecule has 0 unspecified atom stereocenters. The lowest BCUT2D eigenvalue weighted by Gasteiger charge is -2.01. The van der Waals surface area contributed by atoms with Crippen molar-refractivity contribution < 1.29 is 0 Å². The Morgan fingerprint density at radius 2 is 2.08 bits per heavy atom. The first-order chi connectivity index (χ1) is 12.8. The fraction of sp³-hybridized carbons (Fsp3) is 0.176. The van der Waals surface area contributed by atoms with Gasteiger partial charge >= 0.3 is 0 Å². The highest BCUT2D eigenvalue weighted by Crippen LogP contribution is 2.20. The average molecular weight is 345 g/mol. The summed E-state index contributed by atoms with van der Waals surface area (Å²) >= 11 is 0. The van der Waals surface area contributed by atoms with E-state index in [1.165, 1.54) is 0 Å². The maximum Gasteiger partial charge on any atom is 0.221 e. The van der Waals surface area contributed by atoms with Crippen molar-refractivity contribution in [2.75, 3.05) is 0 Å². The summed E-state index contributed by atoms with van der Waals surface area (Å²) in [5, 5.41) is 21.1. The van der Waals surface area contributed by atoms with Crippen LogP contribution < -0.4 is 0 Å². The molecular formula is C17H15N9. The Morgan fingerprint density at radius 3 is 2.96 bits per heavy atom. The number of nitrogens with one attached hydrogen (secondary N) is 1. The molecule has 0 amide bonds. The molecule has 0 atom stereocenters. The van der Waals surface area contributed by atoms with Crippen molar-refractivity contribution in [3.05, 3.63) is 48.5 Å². The minimum absolute atomic E-state index is 0.465. The van der Waals surface area contributed by atoms with E-state index in [0.717, 1.165) is 34.4 Å². The molecule has 0 radical (unpaired) electrons. The molecule has 4 heterocycles. The zero-order chi connectivity index (χ0) is 17.5. The van der Waals surface area contributed by atoms with Crippen LogP contribution in [0.1, 0.15) is 12.6 Å². The van der Waals surface area contributed by atoms with Gasteiger partial charge in [-0.1, -0.05) is 23.4 Å². The molecule has 9 nitrogen and oxygen atoms in total. The number of hydrogen-bond donors (Lipinski definition) is 1. The SMILES string of the molecule is CCn1cc(-c2cnc3nnn(Cc4n[nH]c5ccccc45)c3n2)cn1. The molecule has 5 aromatic rings. The summed E-state index contributed by atoms with van der Waals surface area (Å²) in [6.07, 6.45) is 5.43. The van der Waals surface area contributed by atoms with Gasteiger partial charge in [0, 0.05) is 23.7 Å². The van der Waals surface area contributed by atoms with Gasteiger partial charge in [0.15, 0.2) is 5.65 Å². The summed E-state index contributed by atoms with van der Waals surface area (Å²) in [6, 6.07) is 7.99. The highest BCUT2D eigenvalue weighted by molar-refractivity contribution is 5.81. The van der Waals surface area contributed by atoms with Crippen LogP contribution in [0.2, 0.25) is 0 Å². The Hall–Kier alpha value is -3.62. The minimum atomic E-state index is 0.465. The Morgan fingerprint density at radius 1 is 1.15 bits per heavy atom. The third kappa shape index (κ3) is 2.32. The fourth-order valence-corrected chi connectivity index (χ4v) is 2.95. The van der Waals surface area contributed by atoms with Gasteiger partial charge in [0.2, 0.25) is 5.65 Å². The smallest absolute Gasteiger partial charge is 0.221 e. The Labute approximate surface area is 147 Å². The predicted molar refractivity (Wildman–Crippen MR) is 95.2 cm³/mol. The van der Waals surface area contributed by atoms with Crippen molar-refractivity contribution in [1.29, 1.82) is 0 Å². The van der Waals surface area contributed by atoms with Gasteiger partial charge in [-0.25, -0.2) is 14.6 Å². The number of nitrogens with zero attached hydrogens (tertiary/aromatic N) is 8. The first-order valence-corrected chi connectivity index (χ1v) is 8.33. The largest absolute Gasteiger partial charge is 0.277 e. The van der Waals surface area contributed by atoms with Gasteiger partial charge in [-0.15, -0.1) is 5.10 Å². The first kappa shape index (κ1) is 14.7. The second-order valence-electron chi connectivity index (χ2n) is 5.95. The number of rotatable bonds is 4. The van der Waals surface area contributed by atoms with Crippen molar-refractivity contribution >= 4 is 22.2 Å². The average Bonchev–Trinajstić information content (AvgIpc) is 3.41. The van der Waals surface area contributed by atoms with Crippen molar-refractivity contribution in [3.8, 4) is 11.3 Å². The zero-order valence-corrected chi connectivity index (χ0v) is 14.0. The number of para-hydroxylation sites is 1. The molecule has 26 heavy (non-hydrogen) atoms. The standard InChI is InChI=1S/C17H15N9/c1-2-25-9-11(7-19-25)14-8-18-16-17(20-14)26(24-23-16)10-15-12-5-3-4-6-13(12)21-22-15/h3-9H,2,10H2,1H3,(H,21,22). The summed E-state index contributed by atoms with van der Waals surface area (Å²) in [7, 11) is 0. The second kappa shape index (κ2) is 5.73. The third-order valence-electron chi connectivity index (χ3n) is 4.33. The predicted octanol–water partition coefficient (Wildman–Crippen LogP) is 2.03. The van der Waals surface area contributed by atoms with E-state index in [9.17, 15) is 0 Å². The molecule has 0 aliphatic carbocycles. The molecule has 5 rings (SSSR count). The third-order valence-corrected chi connectivity index (χ3v) is 4.33. The Kier molecular flexibility index (Phi) is 3.24. The molecule has 0 saturated heterocycles. The van der Waals surface area contributed by atoms with E-state index in [2.05, 4.69) is 30.6 Å². The summed E-state index contributed by atoms with van der Waals surface area (Å²) in [5.74, 6) is 0. The molecule has 1 N–H and O–H groups in total. The molecular weight excluding hydrogens is 330 g/mol. The summed E-state index contributed by atoms with van der Waals surface area (Å²) in [5.41, 5.74) is 4.67. The Bertz CT molecular complexity index is 1210. The molecule has 1 aromatic carbocycles. The first-order valence-electron chi connectivity index (χ1n) is 8.33. The Balaban J connectivity index is 1.56. The molecule has 128 valence electrons. The van der Waals surface area contributed by atoms with E-state index in [4.69, 9.17) is 4.98 Å². The van der Waals surface area contributed by atoms with E-state index < -0.39 is 0 Å². The number of hydrogen-bond acceptors (Lipinski definition) is 6. The molecule has 0 fully saturated rings. The number of aromatic nitrogens is 9. The molecule has 4 aromatic heterocycles. The van der Waals surface area contributed by atoms with Crippen LogP contribution in [0.25, 0.3) is 33.5 Å². The van der Waals surface area contributed by atoms with Crippen LogP contribution in [-0.4, -0.2) is 44.9 Å². The summed E-state index contributed by atoms with van der Waals surface area (Å²) < 4.78 is 3.57. The number of benzene rings is 1. The van der Waals surface area contributed by atoms with Gasteiger partial charge in [0.25, 0.3) is 0 Å². The van der Waals surface area contributed by atoms with E-state index in [-0.39, 0.29) is 0 Å². The van der Waals surface area contributed by atoms with Crippen LogP contribution in [0.4, 0.5) is 0 Å². The van der Waals surface area contributed by atoms with Gasteiger partial charge in [0.05, 0.1) is 35.8 Å². The number of H-pyrrole nitrogens is 1. The van der Waals surface area contributed by atoms with E-state index >= 15 is 0 Å². The van der Waals surface area contributed by atoms with Gasteiger partial charge in [-0.2, -0.15) is 10.2 Å². The van der Waals surface area contributed by atoms with Crippen LogP contribution in [0.5, 0.6) is 0 Å². The lowest BCUT2D eigenvalue weighted by molar-refractivity contribution is 0.653. The van der Waals surface area contributed by atoms with Gasteiger partial charge < -0.3 is 0 Å². The molecule has 0 spiro atoms. The normalized spacial score (nSPS) is 11.6. The topological polar surface area (TPSA) is 103 Å². The summed E-state index contributed by atoms with van der Waals surface area (Å²) in [6.45, 7) is 3.31. The lowest BCUT2D eigenvalue weighted by atomic mass is 10.2. The van der Waals surface area contributed by atoms with E-state index in [1.807, 2.05) is 42.1 Å². The van der Waals surface area contributed by atoms with Crippen molar-refractivity contribution in [3.63, 3.8) is 0 Å². The van der Waals surface area contributed by atoms with Gasteiger partial charge in [-0.05, 0) is 13.0 Å². The highest BCUT2D eigenvalue weighted by Gasteiger charge is 2.13. The van der Waals surface area contributed by atoms with Crippen LogP contribution in [-0.2, 0) is 13.1 Å².